The molecule has 1 aromatic heterocycles. The summed E-state index contributed by atoms with van der Waals surface area (Å²) in [5.74, 6) is 1.58. The van der Waals surface area contributed by atoms with Gasteiger partial charge < -0.3 is 10.2 Å². The summed E-state index contributed by atoms with van der Waals surface area (Å²) in [4.78, 5) is 18.8. The molecule has 0 radical (unpaired) electrons. The fourth-order valence-corrected chi connectivity index (χ4v) is 2.92. The predicted molar refractivity (Wildman–Crippen MR) is 86.5 cm³/mol. The third-order valence-corrected chi connectivity index (χ3v) is 4.39. The predicted octanol–water partition coefficient (Wildman–Crippen LogP) is 3.41. The van der Waals surface area contributed by atoms with Crippen LogP contribution in [0.4, 0.5) is 5.69 Å². The van der Waals surface area contributed by atoms with E-state index in [1.54, 1.807) is 12.4 Å². The first-order chi connectivity index (χ1) is 10.1. The molecule has 0 saturated carbocycles. The summed E-state index contributed by atoms with van der Waals surface area (Å²) in [5, 5.41) is 3.32. The summed E-state index contributed by atoms with van der Waals surface area (Å²) in [6.45, 7) is 9.27. The Hall–Kier alpha value is -1.58. The van der Waals surface area contributed by atoms with Crippen LogP contribution in [0.1, 0.15) is 50.4 Å². The fraction of sp³-hybridized carbons (Fsp3) is 0.647. The highest BCUT2D eigenvalue weighted by atomic mass is 16.2. The number of rotatable bonds is 5. The van der Waals surface area contributed by atoms with Gasteiger partial charge in [0, 0.05) is 32.0 Å². The minimum absolute atomic E-state index is 0.115. The lowest BCUT2D eigenvalue weighted by molar-refractivity contribution is 0.0668. The van der Waals surface area contributed by atoms with Gasteiger partial charge in [-0.3, -0.25) is 9.78 Å². The largest absolute Gasteiger partial charge is 0.384 e. The standard InChI is InChI=1S/C17H27N3O/c1-4-8-19-16-5-9-18-12-15(16)17(21)20-10-6-14(7-11-20)13(2)3/h5,9,12-14H,4,6-8,10-11H2,1-3H3,(H,18,19). The number of piperidine rings is 1. The van der Waals surface area contributed by atoms with Gasteiger partial charge in [-0.05, 0) is 37.2 Å². The average Bonchev–Trinajstić information content (AvgIpc) is 2.52. The molecule has 2 rings (SSSR count). The number of hydrogen-bond donors (Lipinski definition) is 1. The number of nitrogens with one attached hydrogen (secondary N) is 1. The number of carbonyl (C=O) groups excluding carboxylic acids is 1. The number of amides is 1. The zero-order valence-electron chi connectivity index (χ0n) is 13.4. The van der Waals surface area contributed by atoms with Gasteiger partial charge in [-0.15, -0.1) is 0 Å². The molecule has 1 fully saturated rings. The number of aromatic nitrogens is 1. The van der Waals surface area contributed by atoms with Crippen LogP contribution in [-0.2, 0) is 0 Å². The van der Waals surface area contributed by atoms with Gasteiger partial charge in [-0.1, -0.05) is 20.8 Å². The molecule has 1 amide bonds. The zero-order chi connectivity index (χ0) is 15.2. The molecule has 1 aliphatic rings. The van der Waals surface area contributed by atoms with Crippen molar-refractivity contribution in [1.82, 2.24) is 9.88 Å². The quantitative estimate of drug-likeness (QED) is 0.903. The molecule has 0 aromatic carbocycles. The van der Waals surface area contributed by atoms with Gasteiger partial charge >= 0.3 is 0 Å². The monoisotopic (exact) mass is 289 g/mol. The smallest absolute Gasteiger partial charge is 0.257 e. The van der Waals surface area contributed by atoms with Crippen LogP contribution in [0.25, 0.3) is 0 Å². The van der Waals surface area contributed by atoms with E-state index < -0.39 is 0 Å². The van der Waals surface area contributed by atoms with Gasteiger partial charge in [0.05, 0.1) is 11.3 Å². The van der Waals surface area contributed by atoms with Crippen LogP contribution in [0.2, 0.25) is 0 Å². The number of likely N-dealkylation sites (tertiary alicyclic amines) is 1. The molecule has 4 heteroatoms. The molecule has 1 aliphatic heterocycles. The minimum atomic E-state index is 0.115. The van der Waals surface area contributed by atoms with E-state index in [4.69, 9.17) is 0 Å². The summed E-state index contributed by atoms with van der Waals surface area (Å²) < 4.78 is 0. The number of anilines is 1. The topological polar surface area (TPSA) is 45.2 Å². The zero-order valence-corrected chi connectivity index (χ0v) is 13.4. The molecule has 0 bridgehead atoms. The minimum Gasteiger partial charge on any atom is -0.384 e. The number of hydrogen-bond acceptors (Lipinski definition) is 3. The second kappa shape index (κ2) is 7.43. The third-order valence-electron chi connectivity index (χ3n) is 4.39. The molecule has 0 unspecified atom stereocenters. The Morgan fingerprint density at radius 3 is 2.76 bits per heavy atom. The van der Waals surface area contributed by atoms with Crippen molar-refractivity contribution in [3.05, 3.63) is 24.0 Å². The van der Waals surface area contributed by atoms with Crippen molar-refractivity contribution in [2.24, 2.45) is 11.8 Å². The normalized spacial score (nSPS) is 16.3. The summed E-state index contributed by atoms with van der Waals surface area (Å²) in [6.07, 6.45) is 6.69. The van der Waals surface area contributed by atoms with Crippen molar-refractivity contribution in [3.8, 4) is 0 Å². The van der Waals surface area contributed by atoms with Gasteiger partial charge in [-0.25, -0.2) is 0 Å². The SMILES string of the molecule is CCCNc1ccncc1C(=O)N1CCC(C(C)C)CC1. The maximum absolute atomic E-state index is 12.7. The van der Waals surface area contributed by atoms with Gasteiger partial charge in [0.25, 0.3) is 5.91 Å². The Bertz CT molecular complexity index is 465. The van der Waals surface area contributed by atoms with Crippen LogP contribution in [-0.4, -0.2) is 35.4 Å². The number of nitrogens with zero attached hydrogens (tertiary/aromatic N) is 2. The lowest BCUT2D eigenvalue weighted by atomic mass is 9.86. The van der Waals surface area contributed by atoms with Gasteiger partial charge in [-0.2, -0.15) is 0 Å². The molecular weight excluding hydrogens is 262 g/mol. The van der Waals surface area contributed by atoms with E-state index in [-0.39, 0.29) is 5.91 Å². The van der Waals surface area contributed by atoms with Crippen molar-refractivity contribution in [2.45, 2.75) is 40.0 Å². The molecule has 1 aromatic rings. The lowest BCUT2D eigenvalue weighted by Crippen LogP contribution is -2.39. The summed E-state index contributed by atoms with van der Waals surface area (Å²) >= 11 is 0. The third kappa shape index (κ3) is 3.96. The highest BCUT2D eigenvalue weighted by molar-refractivity contribution is 5.99. The number of pyridine rings is 1. The van der Waals surface area contributed by atoms with E-state index in [0.29, 0.717) is 11.5 Å². The molecule has 116 valence electrons. The van der Waals surface area contributed by atoms with Crippen molar-refractivity contribution in [3.63, 3.8) is 0 Å². The average molecular weight is 289 g/mol. The van der Waals surface area contributed by atoms with Gasteiger partial charge in [0.2, 0.25) is 0 Å². The highest BCUT2D eigenvalue weighted by Crippen LogP contribution is 2.26. The van der Waals surface area contributed by atoms with Crippen LogP contribution < -0.4 is 5.32 Å². The van der Waals surface area contributed by atoms with Crippen molar-refractivity contribution in [1.29, 1.82) is 0 Å². The Labute approximate surface area is 127 Å². The first kappa shape index (κ1) is 15.8. The number of carbonyl (C=O) groups is 1. The molecule has 0 spiro atoms. The molecule has 1 N–H and O–H groups in total. The second-order valence-electron chi connectivity index (χ2n) is 6.22. The van der Waals surface area contributed by atoms with Gasteiger partial charge in [0.1, 0.15) is 0 Å². The summed E-state index contributed by atoms with van der Waals surface area (Å²) in [5.41, 5.74) is 1.61. The molecular formula is C17H27N3O. The van der Waals surface area contributed by atoms with Crippen LogP contribution in [0.3, 0.4) is 0 Å². The van der Waals surface area contributed by atoms with Crippen molar-refractivity contribution in [2.75, 3.05) is 25.0 Å². The Kier molecular flexibility index (Phi) is 5.59. The molecule has 2 heterocycles. The molecule has 0 aliphatic carbocycles. The molecule has 0 atom stereocenters. The second-order valence-corrected chi connectivity index (χ2v) is 6.22. The lowest BCUT2D eigenvalue weighted by Gasteiger charge is -2.34. The van der Waals surface area contributed by atoms with Crippen LogP contribution >= 0.6 is 0 Å². The fourth-order valence-electron chi connectivity index (χ4n) is 2.92. The highest BCUT2D eigenvalue weighted by Gasteiger charge is 2.26. The van der Waals surface area contributed by atoms with E-state index in [0.717, 1.165) is 50.5 Å². The van der Waals surface area contributed by atoms with E-state index in [2.05, 4.69) is 31.1 Å². The van der Waals surface area contributed by atoms with E-state index in [1.165, 1.54) is 0 Å². The summed E-state index contributed by atoms with van der Waals surface area (Å²) in [7, 11) is 0. The Morgan fingerprint density at radius 2 is 2.14 bits per heavy atom. The maximum atomic E-state index is 12.7. The van der Waals surface area contributed by atoms with E-state index in [9.17, 15) is 4.79 Å². The first-order valence-electron chi connectivity index (χ1n) is 8.10. The molecule has 4 nitrogen and oxygen atoms in total. The van der Waals surface area contributed by atoms with Crippen LogP contribution in [0, 0.1) is 11.8 Å². The Morgan fingerprint density at radius 1 is 1.43 bits per heavy atom. The van der Waals surface area contributed by atoms with Crippen molar-refractivity contribution < 1.29 is 4.79 Å². The summed E-state index contributed by atoms with van der Waals surface area (Å²) in [6, 6.07) is 1.89. The van der Waals surface area contributed by atoms with E-state index >= 15 is 0 Å². The molecule has 1 saturated heterocycles. The molecule has 21 heavy (non-hydrogen) atoms. The Balaban J connectivity index is 2.04. The van der Waals surface area contributed by atoms with Gasteiger partial charge in [0.15, 0.2) is 0 Å². The van der Waals surface area contributed by atoms with Crippen molar-refractivity contribution >= 4 is 11.6 Å². The maximum Gasteiger partial charge on any atom is 0.257 e. The first-order valence-corrected chi connectivity index (χ1v) is 8.10. The van der Waals surface area contributed by atoms with E-state index in [1.807, 2.05) is 11.0 Å². The van der Waals surface area contributed by atoms with Crippen LogP contribution in [0.5, 0.6) is 0 Å². The van der Waals surface area contributed by atoms with Crippen LogP contribution in [0.15, 0.2) is 18.5 Å².